The number of benzene rings is 1. The summed E-state index contributed by atoms with van der Waals surface area (Å²) in [5, 5.41) is 0.555. The molecule has 3 aromatic heterocycles. The van der Waals surface area contributed by atoms with E-state index in [1.165, 1.54) is 33.8 Å². The van der Waals surface area contributed by atoms with Gasteiger partial charge in [0.2, 0.25) is 5.91 Å². The molecule has 0 spiro atoms. The van der Waals surface area contributed by atoms with Crippen molar-refractivity contribution in [2.45, 2.75) is 33.4 Å². The summed E-state index contributed by atoms with van der Waals surface area (Å²) in [6.45, 7) is 4.03. The number of thiophene rings is 1. The minimum atomic E-state index is -0.757. The van der Waals surface area contributed by atoms with E-state index < -0.39 is 17.2 Å². The maximum Gasteiger partial charge on any atom is 0.330 e. The average molecular weight is 481 g/mol. The number of hydrogen-bond donors (Lipinski definition) is 2. The van der Waals surface area contributed by atoms with E-state index in [0.717, 1.165) is 20.9 Å². The minimum absolute atomic E-state index is 0.0670. The fraction of sp³-hybridized carbons (Fsp3) is 0.261. The van der Waals surface area contributed by atoms with Crippen LogP contribution in [-0.4, -0.2) is 32.1 Å². The first kappa shape index (κ1) is 23.2. The molecule has 0 aliphatic carbocycles. The average Bonchev–Trinajstić information content (AvgIpc) is 3.10. The highest BCUT2D eigenvalue weighted by Gasteiger charge is 2.21. The number of amides is 1. The summed E-state index contributed by atoms with van der Waals surface area (Å²) in [5.41, 5.74) is 6.11. The lowest BCUT2D eigenvalue weighted by atomic mass is 10.2. The van der Waals surface area contributed by atoms with Gasteiger partial charge in [-0.1, -0.05) is 30.3 Å². The maximum atomic E-state index is 12.9. The molecule has 0 saturated heterocycles. The second-order valence-corrected chi connectivity index (χ2v) is 9.18. The Balaban J connectivity index is 1.59. The fourth-order valence-corrected chi connectivity index (χ4v) is 4.75. The van der Waals surface area contributed by atoms with E-state index in [9.17, 15) is 19.2 Å². The van der Waals surface area contributed by atoms with Crippen molar-refractivity contribution in [2.24, 2.45) is 0 Å². The Morgan fingerprint density at radius 3 is 2.59 bits per heavy atom. The van der Waals surface area contributed by atoms with Crippen LogP contribution in [0, 0.1) is 13.8 Å². The maximum absolute atomic E-state index is 12.9. The molecular formula is C23H24N6O4S. The van der Waals surface area contributed by atoms with Crippen LogP contribution < -0.4 is 27.4 Å². The highest BCUT2D eigenvalue weighted by atomic mass is 32.1. The van der Waals surface area contributed by atoms with Crippen molar-refractivity contribution in [3.05, 3.63) is 83.9 Å². The number of aryl methyl sites for hydroxylation is 3. The molecule has 0 aliphatic rings. The molecule has 0 aliphatic heterocycles. The first-order chi connectivity index (χ1) is 16.2. The molecule has 0 atom stereocenters. The lowest BCUT2D eigenvalue weighted by Crippen LogP contribution is -2.39. The van der Waals surface area contributed by atoms with Crippen molar-refractivity contribution >= 4 is 39.0 Å². The van der Waals surface area contributed by atoms with Crippen LogP contribution in [0.15, 0.2) is 51.0 Å². The fourth-order valence-electron chi connectivity index (χ4n) is 3.76. The molecule has 3 N–H and O–H groups in total. The summed E-state index contributed by atoms with van der Waals surface area (Å²) in [6, 6.07) is 9.15. The van der Waals surface area contributed by atoms with Crippen LogP contribution in [0.2, 0.25) is 0 Å². The Hall–Kier alpha value is -3.99. The third-order valence-corrected chi connectivity index (χ3v) is 6.94. The number of anilines is 2. The van der Waals surface area contributed by atoms with Crippen LogP contribution in [0.4, 0.5) is 11.5 Å². The minimum Gasteiger partial charge on any atom is -0.383 e. The topological polar surface area (TPSA) is 136 Å². The van der Waals surface area contributed by atoms with Gasteiger partial charge in [0.15, 0.2) is 5.69 Å². The monoisotopic (exact) mass is 480 g/mol. The van der Waals surface area contributed by atoms with E-state index in [1.54, 1.807) is 0 Å². The van der Waals surface area contributed by atoms with Crippen LogP contribution in [0.25, 0.3) is 10.2 Å². The van der Waals surface area contributed by atoms with Crippen molar-refractivity contribution in [1.82, 2.24) is 19.1 Å². The Bertz CT molecular complexity index is 1560. The summed E-state index contributed by atoms with van der Waals surface area (Å²) in [4.78, 5) is 60.1. The zero-order valence-corrected chi connectivity index (χ0v) is 19.8. The summed E-state index contributed by atoms with van der Waals surface area (Å²) >= 11 is 1.45. The van der Waals surface area contributed by atoms with Crippen molar-refractivity contribution in [3.8, 4) is 0 Å². The first-order valence-electron chi connectivity index (χ1n) is 10.6. The SMILES string of the molecule is Cc1sc2ncn(CCC(=O)N(C)c3c(N)n(Cc4ccccc4)c(=O)[nH]c3=O)c(=O)c2c1C. The number of fused-ring (bicyclic) bond motifs is 1. The predicted molar refractivity (Wildman–Crippen MR) is 133 cm³/mol. The molecule has 10 nitrogen and oxygen atoms in total. The van der Waals surface area contributed by atoms with E-state index in [1.807, 2.05) is 44.2 Å². The normalized spacial score (nSPS) is 11.1. The number of carbonyl (C=O) groups is 1. The molecule has 11 heteroatoms. The lowest BCUT2D eigenvalue weighted by Gasteiger charge is -2.20. The second-order valence-electron chi connectivity index (χ2n) is 7.97. The molecular weight excluding hydrogens is 456 g/mol. The van der Waals surface area contributed by atoms with Gasteiger partial charge >= 0.3 is 5.69 Å². The standard InChI is InChI=1S/C23H24N6O4S/c1-13-14(2)34-21-17(13)22(32)28(12-25-21)10-9-16(30)27(3)18-19(24)29(23(33)26-20(18)31)11-15-7-5-4-6-8-15/h4-8,12H,9-11,24H2,1-3H3,(H,26,31,33). The van der Waals surface area contributed by atoms with Gasteiger partial charge in [-0.3, -0.25) is 28.5 Å². The van der Waals surface area contributed by atoms with Crippen LogP contribution in [0.1, 0.15) is 22.4 Å². The number of rotatable bonds is 6. The molecule has 4 rings (SSSR count). The number of hydrogen-bond acceptors (Lipinski definition) is 7. The molecule has 3 heterocycles. The predicted octanol–water partition coefficient (Wildman–Crippen LogP) is 1.61. The molecule has 0 bridgehead atoms. The number of aromatic amines is 1. The molecule has 176 valence electrons. The number of nitrogens with zero attached hydrogens (tertiary/aromatic N) is 4. The summed E-state index contributed by atoms with van der Waals surface area (Å²) < 4.78 is 2.59. The zero-order valence-electron chi connectivity index (χ0n) is 19.0. The number of nitrogens with two attached hydrogens (primary N) is 1. The van der Waals surface area contributed by atoms with Gasteiger partial charge in [0.25, 0.3) is 11.1 Å². The second kappa shape index (κ2) is 9.10. The molecule has 0 saturated carbocycles. The third kappa shape index (κ3) is 4.17. The lowest BCUT2D eigenvalue weighted by molar-refractivity contribution is -0.118. The molecule has 34 heavy (non-hydrogen) atoms. The number of nitrogen functional groups attached to an aromatic ring is 1. The highest BCUT2D eigenvalue weighted by molar-refractivity contribution is 7.18. The third-order valence-electron chi connectivity index (χ3n) is 5.83. The van der Waals surface area contributed by atoms with E-state index in [0.29, 0.717) is 10.2 Å². The van der Waals surface area contributed by atoms with Crippen molar-refractivity contribution < 1.29 is 4.79 Å². The molecule has 1 aromatic carbocycles. The van der Waals surface area contributed by atoms with Crippen molar-refractivity contribution in [2.75, 3.05) is 17.7 Å². The van der Waals surface area contributed by atoms with Gasteiger partial charge in [-0.05, 0) is 25.0 Å². The van der Waals surface area contributed by atoms with Crippen LogP contribution in [0.5, 0.6) is 0 Å². The van der Waals surface area contributed by atoms with Crippen molar-refractivity contribution in [3.63, 3.8) is 0 Å². The molecule has 0 fully saturated rings. The van der Waals surface area contributed by atoms with Gasteiger partial charge in [-0.2, -0.15) is 0 Å². The van der Waals surface area contributed by atoms with Gasteiger partial charge < -0.3 is 10.6 Å². The van der Waals surface area contributed by atoms with Gasteiger partial charge in [-0.25, -0.2) is 9.78 Å². The van der Waals surface area contributed by atoms with E-state index in [4.69, 9.17) is 5.73 Å². The van der Waals surface area contributed by atoms with Crippen LogP contribution >= 0.6 is 11.3 Å². The van der Waals surface area contributed by atoms with Crippen LogP contribution in [-0.2, 0) is 17.9 Å². The van der Waals surface area contributed by atoms with Gasteiger partial charge in [0, 0.05) is 24.9 Å². The van der Waals surface area contributed by atoms with E-state index in [2.05, 4.69) is 9.97 Å². The highest BCUT2D eigenvalue weighted by Crippen LogP contribution is 2.25. The summed E-state index contributed by atoms with van der Waals surface area (Å²) in [7, 11) is 1.41. The van der Waals surface area contributed by atoms with Gasteiger partial charge in [0.05, 0.1) is 18.3 Å². The molecule has 0 unspecified atom stereocenters. The van der Waals surface area contributed by atoms with Gasteiger partial charge in [-0.15, -0.1) is 11.3 Å². The molecule has 4 aromatic rings. The molecule has 0 radical (unpaired) electrons. The zero-order chi connectivity index (χ0) is 24.6. The van der Waals surface area contributed by atoms with E-state index in [-0.39, 0.29) is 36.6 Å². The Kier molecular flexibility index (Phi) is 6.20. The van der Waals surface area contributed by atoms with E-state index >= 15 is 0 Å². The molecule has 1 amide bonds. The van der Waals surface area contributed by atoms with Crippen molar-refractivity contribution in [1.29, 1.82) is 0 Å². The van der Waals surface area contributed by atoms with Crippen LogP contribution in [0.3, 0.4) is 0 Å². The smallest absolute Gasteiger partial charge is 0.330 e. The Morgan fingerprint density at radius 1 is 1.18 bits per heavy atom. The number of carbonyl (C=O) groups excluding carboxylic acids is 1. The largest absolute Gasteiger partial charge is 0.383 e. The summed E-state index contributed by atoms with van der Waals surface area (Å²) in [5.74, 6) is -0.551. The number of H-pyrrole nitrogens is 1. The summed E-state index contributed by atoms with van der Waals surface area (Å²) in [6.07, 6.45) is 1.36. The van der Waals surface area contributed by atoms with Gasteiger partial charge in [0.1, 0.15) is 10.6 Å². The Morgan fingerprint density at radius 2 is 1.88 bits per heavy atom. The first-order valence-corrected chi connectivity index (χ1v) is 11.4. The quantitative estimate of drug-likeness (QED) is 0.430. The number of aromatic nitrogens is 4. The Labute approximate surface area is 197 Å². The number of nitrogens with one attached hydrogen (secondary N) is 1.